The molecule has 9 heteroatoms. The van der Waals surface area contributed by atoms with Crippen molar-refractivity contribution in [3.8, 4) is 0 Å². The zero-order valence-corrected chi connectivity index (χ0v) is 21.7. The van der Waals surface area contributed by atoms with Gasteiger partial charge in [-0.05, 0) is 72.4 Å². The van der Waals surface area contributed by atoms with Gasteiger partial charge in [-0.1, -0.05) is 60.5 Å². The van der Waals surface area contributed by atoms with Gasteiger partial charge in [0.05, 0.1) is 15.1 Å². The van der Waals surface area contributed by atoms with E-state index >= 15 is 0 Å². The second kappa shape index (κ2) is 12.3. The first-order chi connectivity index (χ1) is 17.0. The Morgan fingerprint density at radius 2 is 1.74 bits per heavy atom. The molecule has 4 rings (SSSR count). The number of aromatic nitrogens is 2. The number of aromatic amines is 1. The van der Waals surface area contributed by atoms with E-state index in [1.54, 1.807) is 24.3 Å². The molecule has 3 N–H and O–H groups in total. The molecule has 7 nitrogen and oxygen atoms in total. The third-order valence-corrected chi connectivity index (χ3v) is 7.27. The topological polar surface area (TPSA) is 90.1 Å². The predicted molar refractivity (Wildman–Crippen MR) is 142 cm³/mol. The summed E-state index contributed by atoms with van der Waals surface area (Å²) in [5.41, 5.74) is 1.85. The third kappa shape index (κ3) is 6.93. The summed E-state index contributed by atoms with van der Waals surface area (Å²) in [6.45, 7) is 2.92. The van der Waals surface area contributed by atoms with Gasteiger partial charge in [-0.2, -0.15) is 5.10 Å². The molecular formula is C26H29BrClN5O2. The van der Waals surface area contributed by atoms with Crippen LogP contribution in [0.2, 0.25) is 5.02 Å². The molecule has 0 bridgehead atoms. The zero-order valence-electron chi connectivity index (χ0n) is 19.4. The number of piperidine rings is 1. The standard InChI is InChI=1S/C26H29BrClN5O2/c27-22-23(31-32-24(22)30-25(34)20-11-5-6-12-21(20)28)26(35)29-19(17-33-15-7-2-8-16-33)14-13-18-9-3-1-4-10-18/h1,3-6,9-12,19H,2,7-8,13-17H2,(H,29,35)(H2,30,31,32,34)/t19-/m1/s1. The first-order valence-corrected chi connectivity index (χ1v) is 13.0. The van der Waals surface area contributed by atoms with E-state index in [0.29, 0.717) is 15.1 Å². The number of rotatable bonds is 9. The number of hydrogen-bond acceptors (Lipinski definition) is 4. The van der Waals surface area contributed by atoms with E-state index in [1.165, 1.54) is 24.8 Å². The normalized spacial score (nSPS) is 14.9. The highest BCUT2D eigenvalue weighted by atomic mass is 79.9. The summed E-state index contributed by atoms with van der Waals surface area (Å²) in [6.07, 6.45) is 5.36. The lowest BCUT2D eigenvalue weighted by molar-refractivity contribution is 0.0910. The van der Waals surface area contributed by atoms with Crippen molar-refractivity contribution < 1.29 is 9.59 Å². The molecular weight excluding hydrogens is 530 g/mol. The van der Waals surface area contributed by atoms with E-state index in [0.717, 1.165) is 32.5 Å². The Kier molecular flexibility index (Phi) is 8.95. The zero-order chi connectivity index (χ0) is 24.6. The van der Waals surface area contributed by atoms with E-state index in [2.05, 4.69) is 53.8 Å². The van der Waals surface area contributed by atoms with E-state index < -0.39 is 5.91 Å². The molecule has 3 aromatic rings. The molecule has 2 aromatic carbocycles. The molecule has 0 saturated carbocycles. The van der Waals surface area contributed by atoms with Crippen LogP contribution in [0.1, 0.15) is 52.1 Å². The van der Waals surface area contributed by atoms with Crippen LogP contribution in [-0.4, -0.2) is 52.6 Å². The van der Waals surface area contributed by atoms with Crippen molar-refractivity contribution in [3.63, 3.8) is 0 Å². The Balaban J connectivity index is 1.43. The van der Waals surface area contributed by atoms with Gasteiger partial charge in [-0.3, -0.25) is 14.7 Å². The molecule has 2 amide bonds. The third-order valence-electron chi connectivity index (χ3n) is 6.17. The van der Waals surface area contributed by atoms with Crippen molar-refractivity contribution >= 4 is 45.2 Å². The Morgan fingerprint density at radius 3 is 2.49 bits per heavy atom. The smallest absolute Gasteiger partial charge is 0.270 e. The molecule has 35 heavy (non-hydrogen) atoms. The van der Waals surface area contributed by atoms with Crippen LogP contribution in [0.4, 0.5) is 5.82 Å². The summed E-state index contributed by atoms with van der Waals surface area (Å²) < 4.78 is 0.398. The Labute approximate surface area is 218 Å². The van der Waals surface area contributed by atoms with Crippen molar-refractivity contribution in [1.29, 1.82) is 0 Å². The Hall–Kier alpha value is -2.68. The van der Waals surface area contributed by atoms with Crippen molar-refractivity contribution in [2.24, 2.45) is 0 Å². The second-order valence-electron chi connectivity index (χ2n) is 8.75. The molecule has 1 aliphatic heterocycles. The van der Waals surface area contributed by atoms with Crippen LogP contribution in [0.25, 0.3) is 0 Å². The van der Waals surface area contributed by atoms with Gasteiger partial charge in [0.2, 0.25) is 0 Å². The maximum Gasteiger partial charge on any atom is 0.270 e. The minimum absolute atomic E-state index is 0.0165. The van der Waals surface area contributed by atoms with Gasteiger partial charge < -0.3 is 15.5 Å². The highest BCUT2D eigenvalue weighted by molar-refractivity contribution is 9.10. The number of likely N-dealkylation sites (tertiary alicyclic amines) is 1. The maximum absolute atomic E-state index is 13.2. The summed E-state index contributed by atoms with van der Waals surface area (Å²) in [6, 6.07) is 17.0. The molecule has 1 fully saturated rings. The highest BCUT2D eigenvalue weighted by Gasteiger charge is 2.24. The number of H-pyrrole nitrogens is 1. The van der Waals surface area contributed by atoms with Crippen LogP contribution >= 0.6 is 27.5 Å². The van der Waals surface area contributed by atoms with Gasteiger partial charge >= 0.3 is 0 Å². The number of nitrogens with zero attached hydrogens (tertiary/aromatic N) is 2. The number of amides is 2. The fourth-order valence-corrected chi connectivity index (χ4v) is 4.97. The average Bonchev–Trinajstić information content (AvgIpc) is 3.24. The van der Waals surface area contributed by atoms with Gasteiger partial charge in [-0.15, -0.1) is 0 Å². The molecule has 0 radical (unpaired) electrons. The quantitative estimate of drug-likeness (QED) is 0.333. The lowest BCUT2D eigenvalue weighted by atomic mass is 10.0. The van der Waals surface area contributed by atoms with Crippen LogP contribution in [-0.2, 0) is 6.42 Å². The molecule has 184 valence electrons. The Morgan fingerprint density at radius 1 is 1.03 bits per heavy atom. The number of halogens is 2. The molecule has 2 heterocycles. The number of nitrogens with one attached hydrogen (secondary N) is 3. The SMILES string of the molecule is O=C(Nc1n[nH]c(C(=O)N[C@H](CCc2ccccc2)CN2CCCCC2)c1Br)c1ccccc1Cl. The van der Waals surface area contributed by atoms with Crippen LogP contribution in [0.15, 0.2) is 59.1 Å². The highest BCUT2D eigenvalue weighted by Crippen LogP contribution is 2.25. The first kappa shape index (κ1) is 25.4. The van der Waals surface area contributed by atoms with Crippen LogP contribution in [0.3, 0.4) is 0 Å². The minimum atomic E-state index is -0.402. The lowest BCUT2D eigenvalue weighted by Gasteiger charge is -2.31. The van der Waals surface area contributed by atoms with E-state index in [4.69, 9.17) is 11.6 Å². The van der Waals surface area contributed by atoms with Gasteiger partial charge in [0.15, 0.2) is 5.82 Å². The van der Waals surface area contributed by atoms with Gasteiger partial charge in [0.1, 0.15) is 5.69 Å². The van der Waals surface area contributed by atoms with Crippen LogP contribution in [0, 0.1) is 0 Å². The summed E-state index contributed by atoms with van der Waals surface area (Å²) in [5, 5.41) is 13.1. The van der Waals surface area contributed by atoms with Gasteiger partial charge in [0.25, 0.3) is 11.8 Å². The van der Waals surface area contributed by atoms with E-state index in [1.807, 2.05) is 18.2 Å². The minimum Gasteiger partial charge on any atom is -0.347 e. The number of anilines is 1. The lowest BCUT2D eigenvalue weighted by Crippen LogP contribution is -2.45. The molecule has 1 aliphatic rings. The molecule has 1 aromatic heterocycles. The van der Waals surface area contributed by atoms with Crippen LogP contribution in [0.5, 0.6) is 0 Å². The molecule has 0 aliphatic carbocycles. The largest absolute Gasteiger partial charge is 0.347 e. The van der Waals surface area contributed by atoms with Gasteiger partial charge in [0, 0.05) is 12.6 Å². The van der Waals surface area contributed by atoms with Crippen molar-refractivity contribution in [1.82, 2.24) is 20.4 Å². The second-order valence-corrected chi connectivity index (χ2v) is 9.95. The maximum atomic E-state index is 13.2. The Bertz CT molecular complexity index is 1150. The average molecular weight is 559 g/mol. The summed E-state index contributed by atoms with van der Waals surface area (Å²) in [7, 11) is 0. The first-order valence-electron chi connectivity index (χ1n) is 11.9. The fraction of sp³-hybridized carbons (Fsp3) is 0.346. The summed E-state index contributed by atoms with van der Waals surface area (Å²) in [4.78, 5) is 28.2. The monoisotopic (exact) mass is 557 g/mol. The molecule has 1 saturated heterocycles. The number of benzene rings is 2. The number of aryl methyl sites for hydroxylation is 1. The fourth-order valence-electron chi connectivity index (χ4n) is 4.29. The van der Waals surface area contributed by atoms with E-state index in [9.17, 15) is 9.59 Å². The van der Waals surface area contributed by atoms with E-state index in [-0.39, 0.29) is 23.5 Å². The van der Waals surface area contributed by atoms with Gasteiger partial charge in [-0.25, -0.2) is 0 Å². The molecule has 0 spiro atoms. The van der Waals surface area contributed by atoms with Crippen molar-refractivity contribution in [2.75, 3.05) is 25.0 Å². The number of hydrogen-bond donors (Lipinski definition) is 3. The van der Waals surface area contributed by atoms with Crippen molar-refractivity contribution in [2.45, 2.75) is 38.1 Å². The molecule has 1 atom stereocenters. The van der Waals surface area contributed by atoms with Crippen molar-refractivity contribution in [3.05, 3.63) is 80.9 Å². The summed E-state index contributed by atoms with van der Waals surface area (Å²) in [5.74, 6) is -0.435. The molecule has 0 unspecified atom stereocenters. The van der Waals surface area contributed by atoms with Crippen LogP contribution < -0.4 is 10.6 Å². The number of carbonyl (C=O) groups excluding carboxylic acids is 2. The summed E-state index contributed by atoms with van der Waals surface area (Å²) >= 11 is 9.55. The predicted octanol–water partition coefficient (Wildman–Crippen LogP) is 5.30. The number of carbonyl (C=O) groups is 2.